The Kier molecular flexibility index (Phi) is 53.6. The van der Waals surface area contributed by atoms with E-state index in [1.165, 1.54) is 44.9 Å². The lowest BCUT2D eigenvalue weighted by molar-refractivity contribution is -0.162. The van der Waals surface area contributed by atoms with E-state index in [0.717, 1.165) is 128 Å². The summed E-state index contributed by atoms with van der Waals surface area (Å²) in [6.45, 7) is 7.37. The third-order valence-electron chi connectivity index (χ3n) is 10.9. The number of esters is 2. The van der Waals surface area contributed by atoms with Crippen molar-refractivity contribution in [3.8, 4) is 0 Å². The second kappa shape index (κ2) is 57.1. The van der Waals surface area contributed by atoms with E-state index < -0.39 is 6.10 Å². The van der Waals surface area contributed by atoms with Gasteiger partial charge in [-0.15, -0.1) is 0 Å². The van der Waals surface area contributed by atoms with Crippen LogP contribution in [0.4, 0.5) is 0 Å². The van der Waals surface area contributed by atoms with Gasteiger partial charge in [-0.25, -0.2) is 0 Å². The predicted octanol–water partition coefficient (Wildman–Crippen LogP) is 18.9. The van der Waals surface area contributed by atoms with Crippen molar-refractivity contribution in [2.24, 2.45) is 0 Å². The van der Waals surface area contributed by atoms with Gasteiger partial charge in [-0.2, -0.15) is 0 Å². The molecule has 0 saturated carbocycles. The summed E-state index contributed by atoms with van der Waals surface area (Å²) >= 11 is 0. The maximum atomic E-state index is 12.8. The molecule has 0 N–H and O–H groups in total. The Labute approximate surface area is 419 Å². The van der Waals surface area contributed by atoms with Gasteiger partial charge in [0.2, 0.25) is 0 Å². The van der Waals surface area contributed by atoms with Crippen molar-refractivity contribution in [3.05, 3.63) is 146 Å². The van der Waals surface area contributed by atoms with Gasteiger partial charge in [0.25, 0.3) is 0 Å². The maximum Gasteiger partial charge on any atom is 0.306 e. The monoisotopic (exact) mass is 937 g/mol. The average molecular weight is 937 g/mol. The molecule has 5 heteroatoms. The summed E-state index contributed by atoms with van der Waals surface area (Å²) in [5, 5.41) is 0. The van der Waals surface area contributed by atoms with E-state index in [9.17, 15) is 9.59 Å². The fourth-order valence-electron chi connectivity index (χ4n) is 6.90. The van der Waals surface area contributed by atoms with Crippen LogP contribution in [0.3, 0.4) is 0 Å². The smallest absolute Gasteiger partial charge is 0.306 e. The fraction of sp³-hybridized carbons (Fsp3) is 0.587. The number of ether oxygens (including phenoxy) is 3. The first-order chi connectivity index (χ1) is 33.6. The Morgan fingerprint density at radius 1 is 0.324 bits per heavy atom. The molecule has 382 valence electrons. The highest BCUT2D eigenvalue weighted by atomic mass is 16.6. The molecule has 0 aromatic carbocycles. The standard InChI is InChI=1S/C63H100O5/c1-4-7-10-13-16-19-22-25-28-31-32-34-35-38-41-44-47-50-53-56-62(64)67-60-61(59-66-58-55-52-49-46-43-40-37-30-27-24-21-18-15-12-9-6-3)68-63(65)57-54-51-48-45-42-39-36-33-29-26-23-20-17-14-11-8-5-2/h7-12,16-21,25-30,32,34,36,39,45,48,61H,4-6,13-15,22-24,31,33,35,37-38,40-44,46-47,49-60H2,1-3H3/b10-7-,11-8-,12-9-,19-16-,20-17-,21-18-,28-25-,29-26-,30-27-,34-32-,39-36-,48-45-. The third kappa shape index (κ3) is 54.4. The molecule has 0 aliphatic carbocycles. The van der Waals surface area contributed by atoms with Crippen LogP contribution in [0.25, 0.3) is 0 Å². The van der Waals surface area contributed by atoms with E-state index in [2.05, 4.69) is 167 Å². The molecule has 1 unspecified atom stereocenters. The number of hydrogen-bond acceptors (Lipinski definition) is 5. The van der Waals surface area contributed by atoms with Gasteiger partial charge in [-0.05, 0) is 128 Å². The fourth-order valence-corrected chi connectivity index (χ4v) is 6.90. The molecule has 0 aliphatic rings. The Hall–Kier alpha value is -4.22. The highest BCUT2D eigenvalue weighted by molar-refractivity contribution is 5.70. The van der Waals surface area contributed by atoms with Crippen molar-refractivity contribution < 1.29 is 23.8 Å². The first-order valence-electron chi connectivity index (χ1n) is 27.4. The summed E-state index contributed by atoms with van der Waals surface area (Å²) in [5.74, 6) is -0.498. The number of carbonyl (C=O) groups is 2. The molecule has 0 aliphatic heterocycles. The summed E-state index contributed by atoms with van der Waals surface area (Å²) in [6, 6.07) is 0. The van der Waals surface area contributed by atoms with Crippen LogP contribution in [-0.4, -0.2) is 37.9 Å². The van der Waals surface area contributed by atoms with Crippen molar-refractivity contribution in [3.63, 3.8) is 0 Å². The second-order valence-electron chi connectivity index (χ2n) is 17.3. The van der Waals surface area contributed by atoms with Crippen molar-refractivity contribution in [2.45, 2.75) is 219 Å². The Morgan fingerprint density at radius 2 is 0.632 bits per heavy atom. The largest absolute Gasteiger partial charge is 0.462 e. The van der Waals surface area contributed by atoms with Crippen molar-refractivity contribution in [2.75, 3.05) is 19.8 Å². The van der Waals surface area contributed by atoms with E-state index in [4.69, 9.17) is 14.2 Å². The van der Waals surface area contributed by atoms with Gasteiger partial charge in [0.05, 0.1) is 6.61 Å². The topological polar surface area (TPSA) is 61.8 Å². The lowest BCUT2D eigenvalue weighted by atomic mass is 10.1. The normalized spacial score (nSPS) is 13.4. The zero-order chi connectivity index (χ0) is 49.2. The summed E-state index contributed by atoms with van der Waals surface area (Å²) in [4.78, 5) is 25.5. The van der Waals surface area contributed by atoms with E-state index in [-0.39, 0.29) is 25.2 Å². The van der Waals surface area contributed by atoms with Gasteiger partial charge < -0.3 is 14.2 Å². The van der Waals surface area contributed by atoms with E-state index in [1.54, 1.807) is 0 Å². The number of allylic oxidation sites excluding steroid dienone is 24. The highest BCUT2D eigenvalue weighted by Gasteiger charge is 2.17. The van der Waals surface area contributed by atoms with E-state index in [1.807, 2.05) is 0 Å². The van der Waals surface area contributed by atoms with Crippen LogP contribution in [0.2, 0.25) is 0 Å². The minimum absolute atomic E-state index is 0.0394. The zero-order valence-electron chi connectivity index (χ0n) is 43.8. The number of carbonyl (C=O) groups excluding carboxylic acids is 2. The van der Waals surface area contributed by atoms with Crippen LogP contribution in [0, 0.1) is 0 Å². The van der Waals surface area contributed by atoms with Gasteiger partial charge in [-0.3, -0.25) is 9.59 Å². The molecular weight excluding hydrogens is 837 g/mol. The van der Waals surface area contributed by atoms with Gasteiger partial charge in [0.1, 0.15) is 6.61 Å². The van der Waals surface area contributed by atoms with Crippen molar-refractivity contribution >= 4 is 11.9 Å². The van der Waals surface area contributed by atoms with E-state index >= 15 is 0 Å². The van der Waals surface area contributed by atoms with Crippen LogP contribution >= 0.6 is 0 Å². The third-order valence-corrected chi connectivity index (χ3v) is 10.9. The molecule has 0 saturated heterocycles. The van der Waals surface area contributed by atoms with E-state index in [0.29, 0.717) is 25.9 Å². The number of rotatable bonds is 48. The minimum atomic E-state index is -0.591. The number of unbranched alkanes of at least 4 members (excludes halogenated alkanes) is 13. The maximum absolute atomic E-state index is 12.8. The Balaban J connectivity index is 4.45. The van der Waals surface area contributed by atoms with Crippen LogP contribution in [-0.2, 0) is 23.8 Å². The molecule has 0 aromatic heterocycles. The van der Waals surface area contributed by atoms with Crippen LogP contribution in [0.15, 0.2) is 146 Å². The molecule has 68 heavy (non-hydrogen) atoms. The summed E-state index contributed by atoms with van der Waals surface area (Å²) in [5.41, 5.74) is 0. The quantitative estimate of drug-likeness (QED) is 0.0346. The summed E-state index contributed by atoms with van der Waals surface area (Å²) < 4.78 is 17.4. The minimum Gasteiger partial charge on any atom is -0.462 e. The Bertz CT molecular complexity index is 1480. The molecule has 0 aromatic rings. The van der Waals surface area contributed by atoms with Gasteiger partial charge in [0.15, 0.2) is 6.10 Å². The molecule has 0 rings (SSSR count). The van der Waals surface area contributed by atoms with Crippen LogP contribution in [0.1, 0.15) is 213 Å². The molecule has 0 heterocycles. The molecule has 5 nitrogen and oxygen atoms in total. The summed E-state index contributed by atoms with van der Waals surface area (Å²) in [7, 11) is 0. The molecule has 0 amide bonds. The highest BCUT2D eigenvalue weighted by Crippen LogP contribution is 2.12. The van der Waals surface area contributed by atoms with Gasteiger partial charge in [-0.1, -0.05) is 218 Å². The number of hydrogen-bond donors (Lipinski definition) is 0. The lowest BCUT2D eigenvalue weighted by Gasteiger charge is -2.18. The lowest BCUT2D eigenvalue weighted by Crippen LogP contribution is -2.30. The first kappa shape index (κ1) is 63.8. The molecule has 0 radical (unpaired) electrons. The molecule has 0 spiro atoms. The van der Waals surface area contributed by atoms with Crippen molar-refractivity contribution in [1.82, 2.24) is 0 Å². The van der Waals surface area contributed by atoms with Gasteiger partial charge >= 0.3 is 11.9 Å². The molecule has 0 fully saturated rings. The van der Waals surface area contributed by atoms with Crippen LogP contribution < -0.4 is 0 Å². The summed E-state index contributed by atoms with van der Waals surface area (Å²) in [6.07, 6.45) is 82.9. The average Bonchev–Trinajstić information content (AvgIpc) is 3.34. The zero-order valence-corrected chi connectivity index (χ0v) is 43.8. The molecule has 0 bridgehead atoms. The predicted molar refractivity (Wildman–Crippen MR) is 297 cm³/mol. The Morgan fingerprint density at radius 3 is 1.03 bits per heavy atom. The van der Waals surface area contributed by atoms with Crippen molar-refractivity contribution in [1.29, 1.82) is 0 Å². The SMILES string of the molecule is CC/C=C\C/C=C\C/C=C\C/C=C\C/C=C\CCCC(=O)OC(COCCCCCCCC/C=C\C/C=C\C/C=C\CC)COC(=O)CCCCCCCC/C=C\C/C=C\C/C=C\C/C=C\CC. The molecular formula is C63H100O5. The van der Waals surface area contributed by atoms with Crippen LogP contribution in [0.5, 0.6) is 0 Å². The molecule has 1 atom stereocenters. The first-order valence-corrected chi connectivity index (χ1v) is 27.4. The second-order valence-corrected chi connectivity index (χ2v) is 17.3. The van der Waals surface area contributed by atoms with Gasteiger partial charge in [0, 0.05) is 19.4 Å².